The van der Waals surface area contributed by atoms with Crippen molar-refractivity contribution in [3.05, 3.63) is 24.3 Å². The molecule has 0 N–H and O–H groups in total. The van der Waals surface area contributed by atoms with Crippen molar-refractivity contribution < 1.29 is 0 Å². The van der Waals surface area contributed by atoms with Gasteiger partial charge in [0.25, 0.3) is 0 Å². The van der Waals surface area contributed by atoms with E-state index in [1.54, 1.807) is 0 Å². The van der Waals surface area contributed by atoms with E-state index in [-0.39, 0.29) is 0 Å². The molecule has 0 aromatic rings. The molecule has 0 saturated carbocycles. The van der Waals surface area contributed by atoms with Gasteiger partial charge in [-0.1, -0.05) is 24.3 Å². The number of hydrogen-bond donors (Lipinski definition) is 0. The van der Waals surface area contributed by atoms with Crippen molar-refractivity contribution >= 4 is 20.8 Å². The maximum absolute atomic E-state index is 2.19. The van der Waals surface area contributed by atoms with Gasteiger partial charge in [-0.05, 0) is 0 Å². The zero-order valence-corrected chi connectivity index (χ0v) is 5.69. The van der Waals surface area contributed by atoms with E-state index in [0.29, 0.717) is 10.1 Å². The van der Waals surface area contributed by atoms with Gasteiger partial charge in [0.2, 0.25) is 0 Å². The fraction of sp³-hybridized carbons (Fsp3) is 0.143. The molecule has 44 valence electrons. The van der Waals surface area contributed by atoms with Crippen LogP contribution in [-0.4, -0.2) is 17.0 Å². The molecular formula is C7H9S-. The third-order valence-electron chi connectivity index (χ3n) is 0.920. The number of rotatable bonds is 0. The molecule has 0 aliphatic carbocycles. The fourth-order valence-electron chi connectivity index (χ4n) is 0.512. The van der Waals surface area contributed by atoms with Gasteiger partial charge in [0.05, 0.1) is 0 Å². The van der Waals surface area contributed by atoms with Crippen molar-refractivity contribution in [2.24, 2.45) is 0 Å². The maximum Gasteiger partial charge on any atom is -0.0645 e. The van der Waals surface area contributed by atoms with Crippen molar-refractivity contribution in [3.8, 4) is 0 Å². The normalized spacial score (nSPS) is 19.1. The Labute approximate surface area is 52.0 Å². The summed E-state index contributed by atoms with van der Waals surface area (Å²) in [5.74, 6) is 0. The van der Waals surface area contributed by atoms with E-state index in [9.17, 15) is 0 Å². The summed E-state index contributed by atoms with van der Waals surface area (Å²) in [5.41, 5.74) is 0. The lowest BCUT2D eigenvalue weighted by atomic mass is 10.5. The summed E-state index contributed by atoms with van der Waals surface area (Å²) >= 11 is 0. The Morgan fingerprint density at radius 3 is 1.88 bits per heavy atom. The summed E-state index contributed by atoms with van der Waals surface area (Å²) in [4.78, 5) is 0. The molecule has 0 unspecified atom stereocenters. The Kier molecular flexibility index (Phi) is 1.98. The Morgan fingerprint density at radius 2 is 1.38 bits per heavy atom. The van der Waals surface area contributed by atoms with Crippen LogP contribution in [0.3, 0.4) is 0 Å². The molecule has 8 heavy (non-hydrogen) atoms. The van der Waals surface area contributed by atoms with Gasteiger partial charge in [0.15, 0.2) is 0 Å². The Morgan fingerprint density at radius 1 is 0.875 bits per heavy atom. The Bertz CT molecular complexity index is 180. The van der Waals surface area contributed by atoms with Crippen LogP contribution < -0.4 is 0 Å². The molecule has 1 rings (SSSR count). The second kappa shape index (κ2) is 2.78. The first-order valence-corrected chi connectivity index (χ1v) is 4.31. The largest absolute Gasteiger partial charge is 0.474 e. The second-order valence-corrected chi connectivity index (χ2v) is 3.41. The van der Waals surface area contributed by atoms with Crippen LogP contribution >= 0.6 is 0 Å². The molecule has 0 bridgehead atoms. The summed E-state index contributed by atoms with van der Waals surface area (Å²) in [7, 11) is 0.369. The van der Waals surface area contributed by atoms with Crippen molar-refractivity contribution in [2.75, 3.05) is 6.26 Å². The standard InChI is InChI=1S/C7H9S/c1-8-6-4-2-3-5-7-8/h2-7H,1H3/q-1. The molecule has 0 saturated heterocycles. The minimum absolute atomic E-state index is 0.369. The van der Waals surface area contributed by atoms with Gasteiger partial charge in [-0.15, -0.1) is 6.26 Å². The highest BCUT2D eigenvalue weighted by molar-refractivity contribution is 7.93. The van der Waals surface area contributed by atoms with Crippen LogP contribution in [-0.2, 0) is 10.1 Å². The van der Waals surface area contributed by atoms with Gasteiger partial charge >= 0.3 is 0 Å². The topological polar surface area (TPSA) is 0 Å². The van der Waals surface area contributed by atoms with Gasteiger partial charge in [-0.2, -0.15) is 10.7 Å². The predicted octanol–water partition coefficient (Wildman–Crippen LogP) is 0.965. The monoisotopic (exact) mass is 125 g/mol. The van der Waals surface area contributed by atoms with E-state index < -0.39 is 0 Å². The molecule has 1 heterocycles. The van der Waals surface area contributed by atoms with E-state index in [1.165, 1.54) is 0 Å². The quantitative estimate of drug-likeness (QED) is 0.334. The smallest absolute Gasteiger partial charge is 0.0645 e. The van der Waals surface area contributed by atoms with Crippen molar-refractivity contribution in [3.63, 3.8) is 0 Å². The highest BCUT2D eigenvalue weighted by Crippen LogP contribution is 1.77. The molecule has 1 heteroatoms. The van der Waals surface area contributed by atoms with Crippen LogP contribution in [0.2, 0.25) is 0 Å². The summed E-state index contributed by atoms with van der Waals surface area (Å²) in [5, 5.41) is 4.39. The highest BCUT2D eigenvalue weighted by Gasteiger charge is 1.59. The average Bonchev–Trinajstić information content (AvgIpc) is 1.94. The lowest BCUT2D eigenvalue weighted by molar-refractivity contribution is 2.06. The van der Waals surface area contributed by atoms with Gasteiger partial charge in [-0.3, -0.25) is 0 Å². The lowest BCUT2D eigenvalue weighted by Crippen LogP contribution is -1.75. The van der Waals surface area contributed by atoms with Gasteiger partial charge in [-0.25, -0.2) is 0 Å². The Hall–Kier alpha value is -0.430. The molecule has 0 aromatic carbocycles. The molecule has 0 fully saturated rings. The van der Waals surface area contributed by atoms with Crippen LogP contribution in [0.5, 0.6) is 0 Å². The summed E-state index contributed by atoms with van der Waals surface area (Å²) in [6.07, 6.45) is 10.5. The molecule has 0 aromatic heterocycles. The van der Waals surface area contributed by atoms with Crippen LogP contribution in [0.1, 0.15) is 0 Å². The van der Waals surface area contributed by atoms with E-state index >= 15 is 0 Å². The van der Waals surface area contributed by atoms with Crippen LogP contribution in [0, 0.1) is 0 Å². The number of hydrogen-bond acceptors (Lipinski definition) is 1. The van der Waals surface area contributed by atoms with Gasteiger partial charge < -0.3 is 10.1 Å². The molecule has 0 amide bonds. The third-order valence-corrected chi connectivity index (χ3v) is 2.09. The van der Waals surface area contributed by atoms with Crippen molar-refractivity contribution in [2.45, 2.75) is 0 Å². The van der Waals surface area contributed by atoms with E-state index in [2.05, 4.69) is 29.1 Å². The molecule has 1 aliphatic heterocycles. The summed E-state index contributed by atoms with van der Waals surface area (Å²) in [6.45, 7) is 0. The first-order chi connectivity index (χ1) is 3.89. The first-order valence-electron chi connectivity index (χ1n) is 2.55. The molecule has 1 aliphatic rings. The molecule has 0 spiro atoms. The zero-order chi connectivity index (χ0) is 5.82. The average molecular weight is 125 g/mol. The van der Waals surface area contributed by atoms with E-state index in [0.717, 1.165) is 0 Å². The highest BCUT2D eigenvalue weighted by atomic mass is 32.2. The predicted molar refractivity (Wildman–Crippen MR) is 43.7 cm³/mol. The fourth-order valence-corrected chi connectivity index (χ4v) is 1.28. The molecule has 0 atom stereocenters. The maximum atomic E-state index is 2.19. The third kappa shape index (κ3) is 1.58. The van der Waals surface area contributed by atoms with Crippen molar-refractivity contribution in [1.82, 2.24) is 0 Å². The first kappa shape index (κ1) is 5.70. The molecular weight excluding hydrogens is 116 g/mol. The van der Waals surface area contributed by atoms with Crippen LogP contribution in [0.4, 0.5) is 0 Å². The van der Waals surface area contributed by atoms with Gasteiger partial charge in [0.1, 0.15) is 0 Å². The summed E-state index contributed by atoms with van der Waals surface area (Å²) in [6, 6.07) is 0. The van der Waals surface area contributed by atoms with E-state index in [1.807, 2.05) is 12.2 Å². The summed E-state index contributed by atoms with van der Waals surface area (Å²) < 4.78 is 0. The number of allylic oxidation sites excluding steroid dienone is 4. The van der Waals surface area contributed by atoms with Crippen LogP contribution in [0.15, 0.2) is 24.3 Å². The van der Waals surface area contributed by atoms with Crippen LogP contribution in [0.25, 0.3) is 0 Å². The molecule has 0 radical (unpaired) electrons. The minimum Gasteiger partial charge on any atom is -0.474 e. The SMILES string of the molecule is C[S-]1=CC=CC=CC=1. The molecule has 0 nitrogen and oxygen atoms in total. The second-order valence-electron chi connectivity index (χ2n) is 1.65. The Balaban J connectivity index is 2.98. The minimum atomic E-state index is 0.369. The zero-order valence-electron chi connectivity index (χ0n) is 4.87. The lowest BCUT2D eigenvalue weighted by Gasteiger charge is -1.92. The van der Waals surface area contributed by atoms with E-state index in [4.69, 9.17) is 0 Å². The van der Waals surface area contributed by atoms with Gasteiger partial charge in [0, 0.05) is 0 Å². The van der Waals surface area contributed by atoms with Crippen molar-refractivity contribution in [1.29, 1.82) is 0 Å².